The van der Waals surface area contributed by atoms with Gasteiger partial charge >= 0.3 is 11.6 Å². The normalized spacial score (nSPS) is 12.0. The maximum atomic E-state index is 12.5. The molecule has 1 aromatic carbocycles. The zero-order chi connectivity index (χ0) is 18.8. The summed E-state index contributed by atoms with van der Waals surface area (Å²) in [6.45, 7) is 0.554. The van der Waals surface area contributed by atoms with Crippen LogP contribution >= 0.6 is 0 Å². The summed E-state index contributed by atoms with van der Waals surface area (Å²) < 4.78 is 25.2. The Bertz CT molecular complexity index is 966. The highest BCUT2D eigenvalue weighted by molar-refractivity contribution is 7.90. The number of fused-ring (bicyclic) bond motifs is 1. The van der Waals surface area contributed by atoms with Gasteiger partial charge in [-0.1, -0.05) is 12.1 Å². The fraction of sp³-hybridized carbons (Fsp3) is 0.400. The number of carbonyl (C=O) groups is 1. The largest absolute Gasteiger partial charge is 0.805 e. The second-order valence-electron chi connectivity index (χ2n) is 5.99. The summed E-state index contributed by atoms with van der Waals surface area (Å²) >= 11 is 0. The van der Waals surface area contributed by atoms with E-state index in [1.54, 1.807) is 0 Å². The highest BCUT2D eigenvalue weighted by atomic mass is 32.2. The Morgan fingerprint density at radius 2 is 1.96 bits per heavy atom. The molecule has 0 aliphatic carbocycles. The summed E-state index contributed by atoms with van der Waals surface area (Å²) in [5.74, 6) is -2.05. The number of amides is 1. The molecule has 0 aliphatic rings. The number of sulfone groups is 1. The van der Waals surface area contributed by atoms with Crippen LogP contribution in [0, 0.1) is 10.1 Å². The Hall–Kier alpha value is -2.46. The van der Waals surface area contributed by atoms with E-state index >= 15 is 0 Å². The smallest absolute Gasteiger partial charge is 0.347 e. The van der Waals surface area contributed by atoms with Crippen LogP contribution in [-0.4, -0.2) is 50.3 Å². The third-order valence-electron chi connectivity index (χ3n) is 3.69. The molecule has 1 heterocycles. The number of primary amides is 1. The van der Waals surface area contributed by atoms with Gasteiger partial charge in [0, 0.05) is 11.0 Å². The SMILES string of the molecule is CN(C)CCCS(=O)(=O)Cc1c(C(N)=O)[n+](=O)c2ccccc2n1[O-]. The molecular formula is C15H20N4O5S. The van der Waals surface area contributed by atoms with Gasteiger partial charge in [-0.3, -0.25) is 4.79 Å². The van der Waals surface area contributed by atoms with E-state index in [4.69, 9.17) is 5.73 Å². The summed E-state index contributed by atoms with van der Waals surface area (Å²) in [6.07, 6.45) is 0.366. The summed E-state index contributed by atoms with van der Waals surface area (Å²) in [5, 5.41) is 12.5. The molecule has 1 amide bonds. The van der Waals surface area contributed by atoms with E-state index in [2.05, 4.69) is 0 Å². The fourth-order valence-corrected chi connectivity index (χ4v) is 3.92. The quantitative estimate of drug-likeness (QED) is 0.677. The Morgan fingerprint density at radius 3 is 2.56 bits per heavy atom. The second kappa shape index (κ2) is 7.19. The molecule has 0 saturated carbocycles. The Kier molecular flexibility index (Phi) is 5.43. The average Bonchev–Trinajstić information content (AvgIpc) is 2.51. The Balaban J connectivity index is 2.53. The number of hydrogen-bond acceptors (Lipinski definition) is 6. The molecule has 0 bridgehead atoms. The van der Waals surface area contributed by atoms with Crippen LogP contribution in [0.4, 0.5) is 0 Å². The van der Waals surface area contributed by atoms with E-state index in [0.29, 0.717) is 17.7 Å². The monoisotopic (exact) mass is 368 g/mol. The lowest BCUT2D eigenvalue weighted by Crippen LogP contribution is -2.35. The van der Waals surface area contributed by atoms with Crippen LogP contribution in [0.25, 0.3) is 11.0 Å². The summed E-state index contributed by atoms with van der Waals surface area (Å²) in [4.78, 5) is 25.9. The van der Waals surface area contributed by atoms with Crippen molar-refractivity contribution in [2.24, 2.45) is 5.73 Å². The van der Waals surface area contributed by atoms with E-state index in [0.717, 1.165) is 0 Å². The van der Waals surface area contributed by atoms with Crippen LogP contribution < -0.4 is 10.2 Å². The maximum absolute atomic E-state index is 12.5. The van der Waals surface area contributed by atoms with Crippen molar-refractivity contribution in [2.75, 3.05) is 26.4 Å². The van der Waals surface area contributed by atoms with Gasteiger partial charge in [0.1, 0.15) is 11.2 Å². The molecule has 1 aromatic heterocycles. The first-order valence-electron chi connectivity index (χ1n) is 7.55. The molecule has 0 fully saturated rings. The lowest BCUT2D eigenvalue weighted by Gasteiger charge is -2.18. The molecule has 9 nitrogen and oxygen atoms in total. The molecule has 2 aromatic rings. The van der Waals surface area contributed by atoms with Crippen molar-refractivity contribution in [1.82, 2.24) is 9.63 Å². The van der Waals surface area contributed by atoms with Crippen molar-refractivity contribution in [3.63, 3.8) is 0 Å². The molecule has 25 heavy (non-hydrogen) atoms. The molecule has 0 unspecified atom stereocenters. The minimum Gasteiger partial charge on any atom is -0.805 e. The minimum absolute atomic E-state index is 0.0269. The second-order valence-corrected chi connectivity index (χ2v) is 8.17. The van der Waals surface area contributed by atoms with Crippen LogP contribution in [0.1, 0.15) is 22.6 Å². The van der Waals surface area contributed by atoms with E-state index in [1.807, 2.05) is 19.0 Å². The van der Waals surface area contributed by atoms with Gasteiger partial charge in [-0.2, -0.15) is 0 Å². The molecule has 0 aliphatic heterocycles. The van der Waals surface area contributed by atoms with E-state index < -0.39 is 32.9 Å². The number of hydrogen-bond donors (Lipinski definition) is 1. The van der Waals surface area contributed by atoms with Gasteiger partial charge in [-0.25, -0.2) is 8.42 Å². The maximum Gasteiger partial charge on any atom is 0.347 e. The van der Waals surface area contributed by atoms with Crippen molar-refractivity contribution in [1.29, 1.82) is 0 Å². The van der Waals surface area contributed by atoms with Crippen molar-refractivity contribution < 1.29 is 17.6 Å². The molecular weight excluding hydrogens is 348 g/mol. The number of benzene rings is 1. The third-order valence-corrected chi connectivity index (χ3v) is 5.32. The van der Waals surface area contributed by atoms with Gasteiger partial charge in [0.25, 0.3) is 5.52 Å². The minimum atomic E-state index is -3.70. The van der Waals surface area contributed by atoms with E-state index in [1.165, 1.54) is 24.3 Å². The molecule has 10 heteroatoms. The van der Waals surface area contributed by atoms with Crippen LogP contribution in [0.2, 0.25) is 0 Å². The first-order chi connectivity index (χ1) is 11.6. The van der Waals surface area contributed by atoms with Crippen LogP contribution in [0.15, 0.2) is 24.3 Å². The molecule has 0 radical (unpaired) electrons. The molecule has 2 rings (SSSR count). The number of carbonyl (C=O) groups excluding carboxylic acids is 1. The van der Waals surface area contributed by atoms with E-state index in [-0.39, 0.29) is 21.2 Å². The zero-order valence-electron chi connectivity index (χ0n) is 14.0. The summed E-state index contributed by atoms with van der Waals surface area (Å²) in [5.41, 5.74) is 4.04. The molecule has 2 N–H and O–H groups in total. The predicted octanol–water partition coefficient (Wildman–Crippen LogP) is -0.133. The van der Waals surface area contributed by atoms with E-state index in [9.17, 15) is 23.3 Å². The Labute approximate surface area is 144 Å². The van der Waals surface area contributed by atoms with Gasteiger partial charge in [-0.15, -0.1) is 0 Å². The molecule has 0 spiro atoms. The standard InChI is InChI=1S/C15H20N4O5S/c1-17(2)8-5-9-25(23,24)10-13-14(15(16)20)19(22)12-7-4-3-6-11(12)18(13)21/h3-4,6-7H,5,8-10H2,1-2H3,(H2,16,20). The number of aromatic nitrogens is 2. The van der Waals surface area contributed by atoms with Gasteiger partial charge in [0.2, 0.25) is 0 Å². The summed E-state index contributed by atoms with van der Waals surface area (Å²) in [7, 11) is -0.0765. The van der Waals surface area contributed by atoms with Gasteiger partial charge in [0.05, 0.1) is 15.9 Å². The van der Waals surface area contributed by atoms with Crippen molar-refractivity contribution >= 4 is 26.8 Å². The van der Waals surface area contributed by atoms with Gasteiger partial charge < -0.3 is 20.6 Å². The van der Waals surface area contributed by atoms with Crippen molar-refractivity contribution in [3.8, 4) is 0 Å². The lowest BCUT2D eigenvalue weighted by atomic mass is 10.2. The fourth-order valence-electron chi connectivity index (χ4n) is 2.54. The number of nitrogens with zero attached hydrogens (tertiary/aromatic N) is 3. The highest BCUT2D eigenvalue weighted by Gasteiger charge is 2.30. The van der Waals surface area contributed by atoms with Crippen LogP contribution in [0.3, 0.4) is 0 Å². The number of para-hydroxylation sites is 2. The van der Waals surface area contributed by atoms with Crippen molar-refractivity contribution in [3.05, 3.63) is 45.8 Å². The van der Waals surface area contributed by atoms with Crippen LogP contribution in [0.5, 0.6) is 0 Å². The Morgan fingerprint density at radius 1 is 1.32 bits per heavy atom. The first kappa shape index (κ1) is 18.9. The van der Waals surface area contributed by atoms with Crippen LogP contribution in [-0.2, 0) is 15.6 Å². The number of rotatable bonds is 7. The predicted molar refractivity (Wildman–Crippen MR) is 93.2 cm³/mol. The van der Waals surface area contributed by atoms with Gasteiger partial charge in [-0.05, 0) is 33.1 Å². The first-order valence-corrected chi connectivity index (χ1v) is 9.38. The molecule has 136 valence electrons. The topological polar surface area (TPSA) is 131 Å². The third kappa shape index (κ3) is 4.15. The average molecular weight is 368 g/mol. The zero-order valence-corrected chi connectivity index (χ0v) is 14.8. The lowest BCUT2D eigenvalue weighted by molar-refractivity contribution is -0.468. The van der Waals surface area contributed by atoms with Crippen molar-refractivity contribution in [2.45, 2.75) is 12.2 Å². The van der Waals surface area contributed by atoms with Gasteiger partial charge in [0.15, 0.2) is 9.84 Å². The highest BCUT2D eigenvalue weighted by Crippen LogP contribution is 2.17. The molecule has 0 atom stereocenters. The summed E-state index contributed by atoms with van der Waals surface area (Å²) in [6, 6.07) is 5.80. The number of nitrogens with two attached hydrogens (primary N) is 1. The molecule has 0 saturated heterocycles.